The van der Waals surface area contributed by atoms with Crippen LogP contribution in [0.25, 0.3) is 76.5 Å². The zero-order chi connectivity index (χ0) is 35.1. The van der Waals surface area contributed by atoms with Crippen molar-refractivity contribution < 1.29 is 0 Å². The van der Waals surface area contributed by atoms with Gasteiger partial charge in [-0.25, -0.2) is 0 Å². The second-order valence-corrected chi connectivity index (χ2v) is 13.8. The van der Waals surface area contributed by atoms with Gasteiger partial charge in [0.1, 0.15) is 0 Å². The SMILES string of the molecule is c1ccc(-c2cc(-c3ccccc3)cc(N(c3cccc(-c4ccc5ccccc5c4)c3)c3ccc4c5ccccc5c5ccccc5c4c3)c2)cc1. The summed E-state index contributed by atoms with van der Waals surface area (Å²) in [5.41, 5.74) is 10.4. The lowest BCUT2D eigenvalue weighted by molar-refractivity contribution is 1.29. The van der Waals surface area contributed by atoms with E-state index < -0.39 is 0 Å². The summed E-state index contributed by atoms with van der Waals surface area (Å²) in [6, 6.07) is 77.4. The van der Waals surface area contributed by atoms with Gasteiger partial charge in [0.05, 0.1) is 0 Å². The monoisotopic (exact) mass is 673 g/mol. The van der Waals surface area contributed by atoms with E-state index in [-0.39, 0.29) is 0 Å². The number of anilines is 3. The zero-order valence-electron chi connectivity index (χ0n) is 29.2. The van der Waals surface area contributed by atoms with E-state index in [0.29, 0.717) is 0 Å². The average Bonchev–Trinajstić information content (AvgIpc) is 3.24. The molecule has 0 atom stereocenters. The Hall–Kier alpha value is -6.96. The predicted molar refractivity (Wildman–Crippen MR) is 227 cm³/mol. The molecule has 0 aliphatic heterocycles. The molecule has 1 heteroatoms. The average molecular weight is 674 g/mol. The Balaban J connectivity index is 1.24. The van der Waals surface area contributed by atoms with Crippen LogP contribution in [-0.2, 0) is 0 Å². The van der Waals surface area contributed by atoms with E-state index in [0.717, 1.165) is 17.1 Å². The van der Waals surface area contributed by atoms with Gasteiger partial charge in [-0.15, -0.1) is 0 Å². The number of nitrogens with zero attached hydrogens (tertiary/aromatic N) is 1. The largest absolute Gasteiger partial charge is 0.310 e. The molecular weight excluding hydrogens is 639 g/mol. The molecule has 0 N–H and O–H groups in total. The zero-order valence-corrected chi connectivity index (χ0v) is 29.2. The lowest BCUT2D eigenvalue weighted by Gasteiger charge is -2.28. The van der Waals surface area contributed by atoms with Gasteiger partial charge in [-0.05, 0) is 125 Å². The Kier molecular flexibility index (Phi) is 7.55. The second kappa shape index (κ2) is 13.0. The molecule has 0 aliphatic rings. The van der Waals surface area contributed by atoms with Gasteiger partial charge in [-0.1, -0.05) is 164 Å². The van der Waals surface area contributed by atoms with Gasteiger partial charge in [0.2, 0.25) is 0 Å². The topological polar surface area (TPSA) is 3.24 Å². The number of fused-ring (bicyclic) bond motifs is 7. The summed E-state index contributed by atoms with van der Waals surface area (Å²) in [6.07, 6.45) is 0. The highest BCUT2D eigenvalue weighted by atomic mass is 15.1. The second-order valence-electron chi connectivity index (χ2n) is 13.8. The number of rotatable bonds is 6. The van der Waals surface area contributed by atoms with E-state index >= 15 is 0 Å². The van der Waals surface area contributed by atoms with Crippen LogP contribution in [0.3, 0.4) is 0 Å². The molecule has 10 rings (SSSR count). The summed E-state index contributed by atoms with van der Waals surface area (Å²) in [5.74, 6) is 0. The van der Waals surface area contributed by atoms with Gasteiger partial charge in [-0.3, -0.25) is 0 Å². The highest BCUT2D eigenvalue weighted by molar-refractivity contribution is 6.25. The molecule has 0 aliphatic carbocycles. The molecule has 0 aromatic heterocycles. The first-order valence-electron chi connectivity index (χ1n) is 18.3. The van der Waals surface area contributed by atoms with Crippen LogP contribution < -0.4 is 4.90 Å². The normalized spacial score (nSPS) is 11.4. The Labute approximate surface area is 309 Å². The van der Waals surface area contributed by atoms with Gasteiger partial charge in [0.25, 0.3) is 0 Å². The summed E-state index contributed by atoms with van der Waals surface area (Å²) >= 11 is 0. The summed E-state index contributed by atoms with van der Waals surface area (Å²) < 4.78 is 0. The molecule has 0 saturated carbocycles. The van der Waals surface area contributed by atoms with Crippen molar-refractivity contribution in [1.82, 2.24) is 0 Å². The van der Waals surface area contributed by atoms with Crippen LogP contribution in [0.4, 0.5) is 17.1 Å². The van der Waals surface area contributed by atoms with Crippen molar-refractivity contribution in [2.75, 3.05) is 4.90 Å². The summed E-state index contributed by atoms with van der Waals surface area (Å²) in [7, 11) is 0. The summed E-state index contributed by atoms with van der Waals surface area (Å²) in [6.45, 7) is 0. The van der Waals surface area contributed by atoms with Crippen LogP contribution in [0.15, 0.2) is 212 Å². The molecule has 0 bridgehead atoms. The summed E-state index contributed by atoms with van der Waals surface area (Å²) in [4.78, 5) is 2.44. The van der Waals surface area contributed by atoms with Crippen LogP contribution in [0.2, 0.25) is 0 Å². The van der Waals surface area contributed by atoms with Gasteiger partial charge in [0.15, 0.2) is 0 Å². The third-order valence-electron chi connectivity index (χ3n) is 10.6. The molecule has 0 amide bonds. The fourth-order valence-electron chi connectivity index (χ4n) is 8.01. The van der Waals surface area contributed by atoms with Crippen LogP contribution in [0, 0.1) is 0 Å². The van der Waals surface area contributed by atoms with E-state index in [1.165, 1.54) is 76.5 Å². The molecule has 0 radical (unpaired) electrons. The van der Waals surface area contributed by atoms with Gasteiger partial charge < -0.3 is 4.90 Å². The molecule has 0 heterocycles. The van der Waals surface area contributed by atoms with Crippen LogP contribution >= 0.6 is 0 Å². The Morgan fingerprint density at radius 1 is 0.208 bits per heavy atom. The standard InChI is InChI=1S/C52H35N/c1-3-14-36(15-4-1)42-31-43(37-16-5-2-6-17-37)34-46(33-42)53(44-21-13-20-40(32-44)41-27-26-38-18-7-8-19-39(38)30-41)45-28-29-51-49-24-10-9-22-47(49)48-23-11-12-25-50(48)52(51)35-45/h1-35H. The van der Waals surface area contributed by atoms with Gasteiger partial charge >= 0.3 is 0 Å². The number of hydrogen-bond acceptors (Lipinski definition) is 1. The van der Waals surface area contributed by atoms with Crippen LogP contribution in [0.5, 0.6) is 0 Å². The van der Waals surface area contributed by atoms with Crippen molar-refractivity contribution in [3.05, 3.63) is 212 Å². The predicted octanol–water partition coefficient (Wildman–Crippen LogP) is 14.8. The van der Waals surface area contributed by atoms with Gasteiger partial charge in [-0.2, -0.15) is 0 Å². The van der Waals surface area contributed by atoms with Gasteiger partial charge in [0, 0.05) is 17.1 Å². The first-order valence-corrected chi connectivity index (χ1v) is 18.3. The maximum Gasteiger partial charge on any atom is 0.0473 e. The summed E-state index contributed by atoms with van der Waals surface area (Å²) in [5, 5.41) is 10.1. The van der Waals surface area contributed by atoms with Crippen LogP contribution in [0.1, 0.15) is 0 Å². The van der Waals surface area contributed by atoms with E-state index in [2.05, 4.69) is 217 Å². The quantitative estimate of drug-likeness (QED) is 0.159. The van der Waals surface area contributed by atoms with Crippen molar-refractivity contribution in [2.24, 2.45) is 0 Å². The lowest BCUT2D eigenvalue weighted by atomic mass is 9.93. The number of benzene rings is 10. The molecule has 0 spiro atoms. The highest BCUT2D eigenvalue weighted by Gasteiger charge is 2.18. The van der Waals surface area contributed by atoms with Crippen LogP contribution in [-0.4, -0.2) is 0 Å². The van der Waals surface area contributed by atoms with Crippen molar-refractivity contribution >= 4 is 60.2 Å². The Morgan fingerprint density at radius 3 is 1.32 bits per heavy atom. The minimum absolute atomic E-state index is 1.10. The Morgan fingerprint density at radius 2 is 0.679 bits per heavy atom. The molecule has 53 heavy (non-hydrogen) atoms. The number of hydrogen-bond donors (Lipinski definition) is 0. The van der Waals surface area contributed by atoms with E-state index in [9.17, 15) is 0 Å². The van der Waals surface area contributed by atoms with Crippen molar-refractivity contribution in [1.29, 1.82) is 0 Å². The smallest absolute Gasteiger partial charge is 0.0473 e. The molecule has 0 unspecified atom stereocenters. The maximum absolute atomic E-state index is 2.44. The third kappa shape index (κ3) is 5.60. The minimum Gasteiger partial charge on any atom is -0.310 e. The molecular formula is C52H35N. The first-order chi connectivity index (χ1) is 26.3. The fourth-order valence-corrected chi connectivity index (χ4v) is 8.01. The van der Waals surface area contributed by atoms with Crippen molar-refractivity contribution in [3.8, 4) is 33.4 Å². The first kappa shape index (κ1) is 30.8. The Bertz CT molecular complexity index is 2850. The minimum atomic E-state index is 1.10. The third-order valence-corrected chi connectivity index (χ3v) is 10.6. The fraction of sp³-hybridized carbons (Fsp3) is 0. The molecule has 10 aromatic carbocycles. The lowest BCUT2D eigenvalue weighted by Crippen LogP contribution is -2.10. The molecule has 0 saturated heterocycles. The molecule has 1 nitrogen and oxygen atoms in total. The maximum atomic E-state index is 2.44. The van der Waals surface area contributed by atoms with Crippen molar-refractivity contribution in [2.45, 2.75) is 0 Å². The van der Waals surface area contributed by atoms with E-state index in [1.807, 2.05) is 0 Å². The van der Waals surface area contributed by atoms with E-state index in [1.54, 1.807) is 0 Å². The molecule has 10 aromatic rings. The van der Waals surface area contributed by atoms with Crippen molar-refractivity contribution in [3.63, 3.8) is 0 Å². The van der Waals surface area contributed by atoms with E-state index in [4.69, 9.17) is 0 Å². The molecule has 0 fully saturated rings. The molecule has 248 valence electrons. The highest BCUT2D eigenvalue weighted by Crippen LogP contribution is 2.44.